The number of pyridine rings is 1. The molecule has 5 heteroatoms. The molecule has 1 atom stereocenters. The lowest BCUT2D eigenvalue weighted by atomic mass is 10.3. The van der Waals surface area contributed by atoms with E-state index in [-0.39, 0.29) is 11.7 Å². The summed E-state index contributed by atoms with van der Waals surface area (Å²) in [4.78, 5) is 15.3. The average molecular weight is 212 g/mol. The van der Waals surface area contributed by atoms with E-state index in [2.05, 4.69) is 4.98 Å². The molecule has 1 aromatic heterocycles. The van der Waals surface area contributed by atoms with E-state index in [1.807, 2.05) is 13.0 Å². The predicted molar refractivity (Wildman–Crippen MR) is 56.2 cm³/mol. The van der Waals surface area contributed by atoms with E-state index in [1.54, 1.807) is 12.3 Å². The zero-order valence-corrected chi connectivity index (χ0v) is 8.62. The summed E-state index contributed by atoms with van der Waals surface area (Å²) in [5.41, 5.74) is 5.42. The van der Waals surface area contributed by atoms with E-state index in [1.165, 1.54) is 11.8 Å². The summed E-state index contributed by atoms with van der Waals surface area (Å²) in [6.07, 6.45) is 1.80. The maximum absolute atomic E-state index is 10.4. The Morgan fingerprint density at radius 2 is 2.43 bits per heavy atom. The molecule has 0 saturated carbocycles. The zero-order valence-electron chi connectivity index (χ0n) is 7.80. The van der Waals surface area contributed by atoms with Crippen LogP contribution in [0.15, 0.2) is 23.2 Å². The van der Waals surface area contributed by atoms with Crippen LogP contribution in [-0.2, 0) is 4.79 Å². The molecule has 1 rings (SSSR count). The molecule has 0 radical (unpaired) electrons. The molecule has 0 fully saturated rings. The molecular formula is C9H12N2O2S. The Hall–Kier alpha value is -1.23. The minimum atomic E-state index is -0.784. The second kappa shape index (κ2) is 4.85. The Balaban J connectivity index is 2.51. The molecule has 3 N–H and O–H groups in total. The Morgan fingerprint density at radius 1 is 1.71 bits per heavy atom. The molecule has 0 aromatic carbocycles. The SMILES string of the molecule is CC(CC(=O)O)Sc1ccc(N)nc1. The molecule has 4 nitrogen and oxygen atoms in total. The first-order chi connectivity index (χ1) is 6.58. The van der Waals surface area contributed by atoms with Gasteiger partial charge in [0.1, 0.15) is 5.82 Å². The molecule has 0 aliphatic carbocycles. The van der Waals surface area contributed by atoms with Crippen LogP contribution in [0.2, 0.25) is 0 Å². The van der Waals surface area contributed by atoms with E-state index in [0.717, 1.165) is 4.90 Å². The lowest BCUT2D eigenvalue weighted by Gasteiger charge is -2.07. The van der Waals surface area contributed by atoms with Gasteiger partial charge in [0.05, 0.1) is 6.42 Å². The van der Waals surface area contributed by atoms with Gasteiger partial charge >= 0.3 is 5.97 Å². The molecule has 0 aliphatic rings. The molecule has 76 valence electrons. The van der Waals surface area contributed by atoms with Gasteiger partial charge in [0, 0.05) is 16.3 Å². The lowest BCUT2D eigenvalue weighted by Crippen LogP contribution is -2.05. The number of hydrogen-bond acceptors (Lipinski definition) is 4. The van der Waals surface area contributed by atoms with Gasteiger partial charge in [0.15, 0.2) is 0 Å². The number of nitrogens with zero attached hydrogens (tertiary/aromatic N) is 1. The summed E-state index contributed by atoms with van der Waals surface area (Å²) in [6.45, 7) is 1.87. The number of hydrogen-bond donors (Lipinski definition) is 2. The monoisotopic (exact) mass is 212 g/mol. The Kier molecular flexibility index (Phi) is 3.76. The van der Waals surface area contributed by atoms with E-state index in [9.17, 15) is 4.79 Å². The van der Waals surface area contributed by atoms with E-state index in [4.69, 9.17) is 10.8 Å². The van der Waals surface area contributed by atoms with Crippen LogP contribution in [0, 0.1) is 0 Å². The fourth-order valence-electron chi connectivity index (χ4n) is 0.981. The fourth-order valence-corrected chi connectivity index (χ4v) is 1.93. The highest BCUT2D eigenvalue weighted by Gasteiger charge is 2.08. The number of aliphatic carboxylic acids is 1. The quantitative estimate of drug-likeness (QED) is 0.742. The Morgan fingerprint density at radius 3 is 2.93 bits per heavy atom. The number of anilines is 1. The molecule has 0 amide bonds. The third-order valence-corrected chi connectivity index (χ3v) is 2.64. The molecule has 14 heavy (non-hydrogen) atoms. The number of thioether (sulfide) groups is 1. The number of nitrogens with two attached hydrogens (primary N) is 1. The first-order valence-corrected chi connectivity index (χ1v) is 5.06. The molecule has 1 aromatic rings. The van der Waals surface area contributed by atoms with Crippen LogP contribution in [0.1, 0.15) is 13.3 Å². The van der Waals surface area contributed by atoms with Crippen molar-refractivity contribution in [3.63, 3.8) is 0 Å². The molecule has 0 saturated heterocycles. The molecular weight excluding hydrogens is 200 g/mol. The number of aromatic nitrogens is 1. The average Bonchev–Trinajstić information content (AvgIpc) is 2.07. The van der Waals surface area contributed by atoms with E-state index >= 15 is 0 Å². The molecule has 0 spiro atoms. The third-order valence-electron chi connectivity index (χ3n) is 1.56. The standard InChI is InChI=1S/C9H12N2O2S/c1-6(4-9(12)13)14-7-2-3-8(10)11-5-7/h2-3,5-6H,4H2,1H3,(H2,10,11)(H,12,13). The van der Waals surface area contributed by atoms with Crippen molar-refractivity contribution in [3.8, 4) is 0 Å². The van der Waals surface area contributed by atoms with Crippen molar-refractivity contribution >= 4 is 23.5 Å². The highest BCUT2D eigenvalue weighted by atomic mass is 32.2. The fraction of sp³-hybridized carbons (Fsp3) is 0.333. The van der Waals surface area contributed by atoms with E-state index in [0.29, 0.717) is 5.82 Å². The van der Waals surface area contributed by atoms with Crippen molar-refractivity contribution in [2.24, 2.45) is 0 Å². The first-order valence-electron chi connectivity index (χ1n) is 4.18. The van der Waals surface area contributed by atoms with Crippen LogP contribution in [0.3, 0.4) is 0 Å². The smallest absolute Gasteiger partial charge is 0.304 e. The normalized spacial score (nSPS) is 12.4. The summed E-state index contributed by atoms with van der Waals surface area (Å²) in [5, 5.41) is 8.60. The number of nitrogen functional groups attached to an aromatic ring is 1. The van der Waals surface area contributed by atoms with Crippen LogP contribution in [0.25, 0.3) is 0 Å². The maximum Gasteiger partial charge on any atom is 0.304 e. The van der Waals surface area contributed by atoms with E-state index < -0.39 is 5.97 Å². The van der Waals surface area contributed by atoms with Gasteiger partial charge < -0.3 is 10.8 Å². The maximum atomic E-state index is 10.4. The summed E-state index contributed by atoms with van der Waals surface area (Å²) in [5.74, 6) is -0.311. The first kappa shape index (κ1) is 10.8. The minimum Gasteiger partial charge on any atom is -0.481 e. The zero-order chi connectivity index (χ0) is 10.6. The predicted octanol–water partition coefficient (Wildman–Crippen LogP) is 1.62. The van der Waals surface area contributed by atoms with Gasteiger partial charge in [-0.1, -0.05) is 6.92 Å². The molecule has 0 aliphatic heterocycles. The van der Waals surface area contributed by atoms with Gasteiger partial charge in [-0.05, 0) is 12.1 Å². The highest BCUT2D eigenvalue weighted by Crippen LogP contribution is 2.24. The number of rotatable bonds is 4. The highest BCUT2D eigenvalue weighted by molar-refractivity contribution is 8.00. The van der Waals surface area contributed by atoms with Crippen LogP contribution >= 0.6 is 11.8 Å². The number of carboxylic acid groups (broad SMARTS) is 1. The summed E-state index contributed by atoms with van der Waals surface area (Å²) in [6, 6.07) is 3.54. The van der Waals surface area contributed by atoms with Crippen LogP contribution in [-0.4, -0.2) is 21.3 Å². The van der Waals surface area contributed by atoms with Crippen molar-refractivity contribution in [2.75, 3.05) is 5.73 Å². The lowest BCUT2D eigenvalue weighted by molar-refractivity contribution is -0.136. The van der Waals surface area contributed by atoms with Gasteiger partial charge in [-0.3, -0.25) is 4.79 Å². The number of carboxylic acids is 1. The van der Waals surface area contributed by atoms with Crippen molar-refractivity contribution < 1.29 is 9.90 Å². The summed E-state index contributed by atoms with van der Waals surface area (Å²) in [7, 11) is 0. The van der Waals surface area contributed by atoms with Gasteiger partial charge in [-0.25, -0.2) is 4.98 Å². The second-order valence-corrected chi connectivity index (χ2v) is 4.46. The van der Waals surface area contributed by atoms with Crippen LogP contribution in [0.5, 0.6) is 0 Å². The van der Waals surface area contributed by atoms with Crippen molar-refractivity contribution in [2.45, 2.75) is 23.5 Å². The molecule has 1 unspecified atom stereocenters. The van der Waals surface area contributed by atoms with Crippen LogP contribution < -0.4 is 5.73 Å². The van der Waals surface area contributed by atoms with Gasteiger partial charge in [0.2, 0.25) is 0 Å². The Bertz CT molecular complexity index is 313. The van der Waals surface area contributed by atoms with Gasteiger partial charge in [-0.15, -0.1) is 11.8 Å². The second-order valence-electron chi connectivity index (χ2n) is 2.95. The minimum absolute atomic E-state index is 0.0397. The Labute approximate surface area is 86.5 Å². The third kappa shape index (κ3) is 3.66. The van der Waals surface area contributed by atoms with Crippen LogP contribution in [0.4, 0.5) is 5.82 Å². The van der Waals surface area contributed by atoms with Crippen molar-refractivity contribution in [3.05, 3.63) is 18.3 Å². The molecule has 1 heterocycles. The van der Waals surface area contributed by atoms with Gasteiger partial charge in [0.25, 0.3) is 0 Å². The summed E-state index contributed by atoms with van der Waals surface area (Å²) < 4.78 is 0. The summed E-state index contributed by atoms with van der Waals surface area (Å²) >= 11 is 1.48. The van der Waals surface area contributed by atoms with Crippen molar-refractivity contribution in [1.82, 2.24) is 4.98 Å². The van der Waals surface area contributed by atoms with Crippen molar-refractivity contribution in [1.29, 1.82) is 0 Å². The molecule has 0 bridgehead atoms. The van der Waals surface area contributed by atoms with Gasteiger partial charge in [-0.2, -0.15) is 0 Å². The topological polar surface area (TPSA) is 76.2 Å². The number of carbonyl (C=O) groups is 1. The largest absolute Gasteiger partial charge is 0.481 e.